The normalized spacial score (nSPS) is 16.6. The van der Waals surface area contributed by atoms with Gasteiger partial charge in [0.05, 0.1) is 11.8 Å². The molecule has 94 valence electrons. The van der Waals surface area contributed by atoms with Gasteiger partial charge in [0.1, 0.15) is 0 Å². The average molecular weight is 230 g/mol. The lowest BCUT2D eigenvalue weighted by Gasteiger charge is -2.38. The zero-order chi connectivity index (χ0) is 13.3. The Balaban J connectivity index is 5.48. The number of carboxylic acid groups (broad SMARTS) is 2. The van der Waals surface area contributed by atoms with Crippen molar-refractivity contribution >= 4 is 11.9 Å². The molecule has 0 radical (unpaired) electrons. The fraction of sp³-hybridized carbons (Fsp3) is 0.833. The first kappa shape index (κ1) is 14.9. The Hall–Kier alpha value is -1.06. The molecule has 0 spiro atoms. The van der Waals surface area contributed by atoms with Crippen molar-refractivity contribution in [2.45, 2.75) is 41.5 Å². The third kappa shape index (κ3) is 3.51. The Kier molecular flexibility index (Phi) is 4.14. The van der Waals surface area contributed by atoms with E-state index in [1.807, 2.05) is 0 Å². The first-order valence-electron chi connectivity index (χ1n) is 5.34. The van der Waals surface area contributed by atoms with Crippen LogP contribution in [-0.4, -0.2) is 22.2 Å². The summed E-state index contributed by atoms with van der Waals surface area (Å²) in [7, 11) is 0. The van der Waals surface area contributed by atoms with Crippen molar-refractivity contribution < 1.29 is 19.8 Å². The monoisotopic (exact) mass is 230 g/mol. The van der Waals surface area contributed by atoms with Crippen LogP contribution >= 0.6 is 0 Å². The number of hydrogen-bond donors (Lipinski definition) is 2. The van der Waals surface area contributed by atoms with Crippen molar-refractivity contribution in [3.63, 3.8) is 0 Å². The molecule has 0 amide bonds. The minimum absolute atomic E-state index is 0.581. The summed E-state index contributed by atoms with van der Waals surface area (Å²) in [5.74, 6) is -3.89. The fourth-order valence-corrected chi connectivity index (χ4v) is 2.03. The lowest BCUT2D eigenvalue weighted by atomic mass is 9.64. The van der Waals surface area contributed by atoms with Gasteiger partial charge in [0.15, 0.2) is 0 Å². The highest BCUT2D eigenvalue weighted by atomic mass is 16.4. The molecular formula is C12H22O4. The van der Waals surface area contributed by atoms with Gasteiger partial charge in [-0.3, -0.25) is 9.59 Å². The Morgan fingerprint density at radius 2 is 0.938 bits per heavy atom. The Morgan fingerprint density at radius 3 is 1.00 bits per heavy atom. The van der Waals surface area contributed by atoms with Gasteiger partial charge in [-0.1, -0.05) is 41.5 Å². The molecule has 0 bridgehead atoms. The van der Waals surface area contributed by atoms with Gasteiger partial charge in [0, 0.05) is 0 Å². The molecule has 4 nitrogen and oxygen atoms in total. The van der Waals surface area contributed by atoms with Crippen molar-refractivity contribution in [1.82, 2.24) is 0 Å². The third-order valence-corrected chi connectivity index (χ3v) is 2.73. The summed E-state index contributed by atoms with van der Waals surface area (Å²) in [6, 6.07) is 0. The van der Waals surface area contributed by atoms with E-state index in [4.69, 9.17) is 0 Å². The third-order valence-electron chi connectivity index (χ3n) is 2.73. The molecule has 0 unspecified atom stereocenters. The van der Waals surface area contributed by atoms with Crippen LogP contribution < -0.4 is 0 Å². The summed E-state index contributed by atoms with van der Waals surface area (Å²) in [5.41, 5.74) is -1.16. The van der Waals surface area contributed by atoms with Crippen LogP contribution in [0.3, 0.4) is 0 Å². The number of aliphatic carboxylic acids is 2. The Labute approximate surface area is 96.7 Å². The van der Waals surface area contributed by atoms with Crippen LogP contribution in [0, 0.1) is 22.7 Å². The molecule has 4 heteroatoms. The van der Waals surface area contributed by atoms with E-state index in [-0.39, 0.29) is 0 Å². The van der Waals surface area contributed by atoms with Crippen molar-refractivity contribution in [3.05, 3.63) is 0 Å². The maximum atomic E-state index is 11.3. The number of carbonyl (C=O) groups is 2. The molecule has 0 aliphatic rings. The molecule has 0 saturated heterocycles. The van der Waals surface area contributed by atoms with E-state index in [1.54, 1.807) is 41.5 Å². The molecule has 2 atom stereocenters. The minimum atomic E-state index is -1.05. The van der Waals surface area contributed by atoms with Crippen molar-refractivity contribution in [2.24, 2.45) is 22.7 Å². The second-order valence-corrected chi connectivity index (χ2v) is 6.36. The van der Waals surface area contributed by atoms with E-state index in [2.05, 4.69) is 0 Å². The van der Waals surface area contributed by atoms with Gasteiger partial charge >= 0.3 is 11.9 Å². The van der Waals surface area contributed by atoms with Crippen LogP contribution in [-0.2, 0) is 9.59 Å². The predicted octanol–water partition coefficient (Wildman–Crippen LogP) is 2.48. The smallest absolute Gasteiger partial charge is 0.307 e. The van der Waals surface area contributed by atoms with Gasteiger partial charge in [-0.25, -0.2) is 0 Å². The Bertz CT molecular complexity index is 250. The largest absolute Gasteiger partial charge is 0.481 e. The number of rotatable bonds is 3. The van der Waals surface area contributed by atoms with Gasteiger partial charge in [-0.05, 0) is 10.8 Å². The fourth-order valence-electron chi connectivity index (χ4n) is 2.03. The van der Waals surface area contributed by atoms with Crippen LogP contribution in [0.5, 0.6) is 0 Å². The molecule has 0 aliphatic carbocycles. The molecule has 0 fully saturated rings. The first-order valence-corrected chi connectivity index (χ1v) is 5.34. The summed E-state index contributed by atoms with van der Waals surface area (Å²) in [5, 5.41) is 18.5. The van der Waals surface area contributed by atoms with Crippen LogP contribution in [0.25, 0.3) is 0 Å². The molecule has 0 heterocycles. The minimum Gasteiger partial charge on any atom is -0.481 e. The maximum absolute atomic E-state index is 11.3. The van der Waals surface area contributed by atoms with Crippen LogP contribution in [0.4, 0.5) is 0 Å². The molecule has 16 heavy (non-hydrogen) atoms. The van der Waals surface area contributed by atoms with E-state index >= 15 is 0 Å². The number of hydrogen-bond acceptors (Lipinski definition) is 2. The molecule has 0 rings (SSSR count). The second-order valence-electron chi connectivity index (χ2n) is 6.36. The SMILES string of the molecule is CC(C)(C)[C@H](C(=O)O)[C@@H](C(=O)O)C(C)(C)C. The molecule has 0 aliphatic heterocycles. The highest BCUT2D eigenvalue weighted by Crippen LogP contribution is 2.41. The summed E-state index contributed by atoms with van der Waals surface area (Å²) in [6.07, 6.45) is 0. The lowest BCUT2D eigenvalue weighted by Crippen LogP contribution is -2.45. The van der Waals surface area contributed by atoms with Crippen LogP contribution in [0.1, 0.15) is 41.5 Å². The molecular weight excluding hydrogens is 208 g/mol. The predicted molar refractivity (Wildman–Crippen MR) is 61.2 cm³/mol. The van der Waals surface area contributed by atoms with E-state index in [0.717, 1.165) is 0 Å². The van der Waals surface area contributed by atoms with Gasteiger partial charge in [-0.2, -0.15) is 0 Å². The van der Waals surface area contributed by atoms with Gasteiger partial charge < -0.3 is 10.2 Å². The summed E-state index contributed by atoms with van der Waals surface area (Å²) in [4.78, 5) is 22.6. The topological polar surface area (TPSA) is 74.6 Å². The standard InChI is InChI=1S/C12H22O4/c1-11(2,3)7(9(13)14)8(10(15)16)12(4,5)6/h7-8H,1-6H3,(H,13,14)(H,15,16)/t7-,8-/m0/s1. The molecule has 0 aromatic rings. The average Bonchev–Trinajstić information content (AvgIpc) is 1.92. The first-order chi connectivity index (χ1) is 6.89. The van der Waals surface area contributed by atoms with E-state index in [1.165, 1.54) is 0 Å². The van der Waals surface area contributed by atoms with Crippen molar-refractivity contribution in [2.75, 3.05) is 0 Å². The van der Waals surface area contributed by atoms with E-state index < -0.39 is 34.6 Å². The zero-order valence-corrected chi connectivity index (χ0v) is 10.9. The van der Waals surface area contributed by atoms with E-state index in [9.17, 15) is 19.8 Å². The summed E-state index contributed by atoms with van der Waals surface area (Å²) >= 11 is 0. The summed E-state index contributed by atoms with van der Waals surface area (Å²) < 4.78 is 0. The highest BCUT2D eigenvalue weighted by Gasteiger charge is 2.47. The van der Waals surface area contributed by atoms with Crippen LogP contribution in [0.2, 0.25) is 0 Å². The molecule has 0 aromatic carbocycles. The zero-order valence-electron chi connectivity index (χ0n) is 10.9. The molecule has 0 saturated carbocycles. The van der Waals surface area contributed by atoms with Crippen molar-refractivity contribution in [1.29, 1.82) is 0 Å². The van der Waals surface area contributed by atoms with Gasteiger partial charge in [0.2, 0.25) is 0 Å². The molecule has 0 aromatic heterocycles. The number of carboxylic acids is 2. The second kappa shape index (κ2) is 4.44. The Morgan fingerprint density at radius 1 is 0.750 bits per heavy atom. The maximum Gasteiger partial charge on any atom is 0.307 e. The quantitative estimate of drug-likeness (QED) is 0.781. The van der Waals surface area contributed by atoms with Gasteiger partial charge in [0.25, 0.3) is 0 Å². The molecule has 2 N–H and O–H groups in total. The van der Waals surface area contributed by atoms with E-state index in [0.29, 0.717) is 0 Å². The summed E-state index contributed by atoms with van der Waals surface area (Å²) in [6.45, 7) is 10.5. The van der Waals surface area contributed by atoms with Gasteiger partial charge in [-0.15, -0.1) is 0 Å². The van der Waals surface area contributed by atoms with Crippen LogP contribution in [0.15, 0.2) is 0 Å². The lowest BCUT2D eigenvalue weighted by molar-refractivity contribution is -0.163. The van der Waals surface area contributed by atoms with Crippen molar-refractivity contribution in [3.8, 4) is 0 Å². The highest BCUT2D eigenvalue weighted by molar-refractivity contribution is 5.81.